The van der Waals surface area contributed by atoms with E-state index in [0.717, 1.165) is 48.6 Å². The molecule has 0 aliphatic carbocycles. The van der Waals surface area contributed by atoms with E-state index in [9.17, 15) is 0 Å². The van der Waals surface area contributed by atoms with Crippen LogP contribution in [-0.4, -0.2) is 60.4 Å². The van der Waals surface area contributed by atoms with Crippen LogP contribution >= 0.6 is 12.2 Å². The number of anilines is 2. The van der Waals surface area contributed by atoms with Crippen LogP contribution in [0.4, 0.5) is 11.5 Å². The second-order valence-corrected chi connectivity index (χ2v) is 7.40. The van der Waals surface area contributed by atoms with Crippen molar-refractivity contribution in [2.75, 3.05) is 50.6 Å². The number of piperazine rings is 1. The Morgan fingerprint density at radius 3 is 2.35 bits per heavy atom. The van der Waals surface area contributed by atoms with Gasteiger partial charge in [0.25, 0.3) is 0 Å². The third-order valence-corrected chi connectivity index (χ3v) is 5.61. The average molecular weight is 435 g/mol. The van der Waals surface area contributed by atoms with Crippen molar-refractivity contribution in [3.05, 3.63) is 48.3 Å². The molecule has 158 valence electrons. The molecular formula is C22H22N6O2S. The fourth-order valence-corrected chi connectivity index (χ4v) is 3.87. The Morgan fingerprint density at radius 1 is 1.03 bits per heavy atom. The Hall–Kier alpha value is -3.64. The number of nitrogens with zero attached hydrogens (tertiary/aromatic N) is 5. The number of hydrogen-bond donors (Lipinski definition) is 1. The van der Waals surface area contributed by atoms with Crippen LogP contribution in [0.15, 0.2) is 42.7 Å². The van der Waals surface area contributed by atoms with Crippen LogP contribution in [-0.2, 0) is 0 Å². The molecule has 0 bridgehead atoms. The van der Waals surface area contributed by atoms with Gasteiger partial charge in [-0.2, -0.15) is 5.26 Å². The Balaban J connectivity index is 1.46. The molecule has 2 aromatic carbocycles. The highest BCUT2D eigenvalue weighted by Crippen LogP contribution is 2.34. The van der Waals surface area contributed by atoms with Gasteiger partial charge in [0.05, 0.1) is 31.4 Å². The molecule has 0 radical (unpaired) electrons. The molecule has 1 aliphatic heterocycles. The molecule has 1 saturated heterocycles. The molecule has 0 amide bonds. The lowest BCUT2D eigenvalue weighted by Gasteiger charge is -2.37. The maximum Gasteiger partial charge on any atom is 0.173 e. The topological polar surface area (TPSA) is 86.5 Å². The van der Waals surface area contributed by atoms with Gasteiger partial charge in [0.1, 0.15) is 12.1 Å². The molecule has 9 heteroatoms. The molecule has 1 fully saturated rings. The summed E-state index contributed by atoms with van der Waals surface area (Å²) in [5.74, 6) is 2.16. The Bertz CT molecular complexity index is 1140. The van der Waals surface area contributed by atoms with Crippen LogP contribution in [0.5, 0.6) is 11.5 Å². The second-order valence-electron chi connectivity index (χ2n) is 7.02. The normalized spacial score (nSPS) is 13.6. The molecule has 8 nitrogen and oxygen atoms in total. The van der Waals surface area contributed by atoms with Gasteiger partial charge >= 0.3 is 0 Å². The van der Waals surface area contributed by atoms with Crippen LogP contribution < -0.4 is 19.7 Å². The highest BCUT2D eigenvalue weighted by Gasteiger charge is 2.22. The highest BCUT2D eigenvalue weighted by molar-refractivity contribution is 7.80. The van der Waals surface area contributed by atoms with E-state index >= 15 is 0 Å². The van der Waals surface area contributed by atoms with Crippen molar-refractivity contribution in [3.63, 3.8) is 0 Å². The fraction of sp³-hybridized carbons (Fsp3) is 0.273. The van der Waals surface area contributed by atoms with Crippen molar-refractivity contribution in [1.82, 2.24) is 14.9 Å². The zero-order valence-electron chi connectivity index (χ0n) is 17.3. The predicted octanol–water partition coefficient (Wildman–Crippen LogP) is 3.04. The van der Waals surface area contributed by atoms with E-state index in [2.05, 4.69) is 31.2 Å². The van der Waals surface area contributed by atoms with Crippen LogP contribution in [0.2, 0.25) is 0 Å². The van der Waals surface area contributed by atoms with Crippen LogP contribution in [0.25, 0.3) is 10.9 Å². The third kappa shape index (κ3) is 4.29. The summed E-state index contributed by atoms with van der Waals surface area (Å²) in [6, 6.07) is 13.2. The van der Waals surface area contributed by atoms with Crippen molar-refractivity contribution in [2.45, 2.75) is 0 Å². The van der Waals surface area contributed by atoms with E-state index in [1.54, 1.807) is 32.7 Å². The third-order valence-electron chi connectivity index (χ3n) is 5.25. The number of nitriles is 1. The molecule has 1 aromatic heterocycles. The molecule has 0 saturated carbocycles. The minimum atomic E-state index is 0.622. The molecule has 2 heterocycles. The van der Waals surface area contributed by atoms with Gasteiger partial charge in [-0.1, -0.05) is 0 Å². The van der Waals surface area contributed by atoms with Gasteiger partial charge in [-0.05, 0) is 42.5 Å². The summed E-state index contributed by atoms with van der Waals surface area (Å²) in [6.07, 6.45) is 1.58. The van der Waals surface area contributed by atoms with Crippen molar-refractivity contribution in [3.8, 4) is 17.6 Å². The number of nitrogens with one attached hydrogen (secondary N) is 1. The van der Waals surface area contributed by atoms with Gasteiger partial charge in [-0.3, -0.25) is 0 Å². The van der Waals surface area contributed by atoms with E-state index in [1.807, 2.05) is 24.3 Å². The number of rotatable bonds is 4. The van der Waals surface area contributed by atoms with E-state index < -0.39 is 0 Å². The zero-order chi connectivity index (χ0) is 21.8. The fourth-order valence-electron chi connectivity index (χ4n) is 3.57. The summed E-state index contributed by atoms with van der Waals surface area (Å²) >= 11 is 5.59. The van der Waals surface area contributed by atoms with Gasteiger partial charge in [-0.15, -0.1) is 0 Å². The van der Waals surface area contributed by atoms with Gasteiger partial charge in [-0.25, -0.2) is 9.97 Å². The first-order valence-corrected chi connectivity index (χ1v) is 10.2. The number of fused-ring (bicyclic) bond motifs is 1. The molecule has 4 rings (SSSR count). The molecule has 0 atom stereocenters. The van der Waals surface area contributed by atoms with Gasteiger partial charge in [0.2, 0.25) is 0 Å². The Morgan fingerprint density at radius 2 is 1.71 bits per heavy atom. The van der Waals surface area contributed by atoms with Gasteiger partial charge in [0, 0.05) is 43.3 Å². The van der Waals surface area contributed by atoms with Crippen molar-refractivity contribution < 1.29 is 9.47 Å². The monoisotopic (exact) mass is 434 g/mol. The first kappa shape index (κ1) is 20.6. The van der Waals surface area contributed by atoms with Gasteiger partial charge < -0.3 is 24.6 Å². The summed E-state index contributed by atoms with van der Waals surface area (Å²) < 4.78 is 10.8. The van der Waals surface area contributed by atoms with E-state index in [1.165, 1.54) is 0 Å². The molecular weight excluding hydrogens is 412 g/mol. The smallest absolute Gasteiger partial charge is 0.173 e. The van der Waals surface area contributed by atoms with E-state index in [-0.39, 0.29) is 0 Å². The maximum absolute atomic E-state index is 8.92. The second kappa shape index (κ2) is 9.02. The highest BCUT2D eigenvalue weighted by atomic mass is 32.1. The molecule has 0 unspecified atom stereocenters. The summed E-state index contributed by atoms with van der Waals surface area (Å²) in [4.78, 5) is 13.3. The lowest BCUT2D eigenvalue weighted by Crippen LogP contribution is -2.50. The minimum absolute atomic E-state index is 0.622. The standard InChI is InChI=1S/C22H22N6O2S/c1-29-19-11-17-18(12-20(19)30-2)24-14-25-21(17)27-7-9-28(10-8-27)22(31)26-16-5-3-15(13-23)4-6-16/h3-6,11-12,14H,7-10H2,1-2H3,(H,26,31). The molecule has 1 aliphatic rings. The largest absolute Gasteiger partial charge is 0.493 e. The Labute approximate surface area is 186 Å². The molecule has 31 heavy (non-hydrogen) atoms. The van der Waals surface area contributed by atoms with Crippen LogP contribution in [0.3, 0.4) is 0 Å². The number of benzene rings is 2. The molecule has 1 N–H and O–H groups in total. The van der Waals surface area contributed by atoms with E-state index in [4.69, 9.17) is 27.0 Å². The number of hydrogen-bond acceptors (Lipinski definition) is 7. The minimum Gasteiger partial charge on any atom is -0.493 e. The first-order chi connectivity index (χ1) is 15.1. The summed E-state index contributed by atoms with van der Waals surface area (Å²) in [5, 5.41) is 13.8. The van der Waals surface area contributed by atoms with Crippen LogP contribution in [0.1, 0.15) is 5.56 Å². The van der Waals surface area contributed by atoms with E-state index in [0.29, 0.717) is 22.2 Å². The van der Waals surface area contributed by atoms with Gasteiger partial charge in [0.15, 0.2) is 16.6 Å². The Kier molecular flexibility index (Phi) is 6.00. The molecule has 3 aromatic rings. The van der Waals surface area contributed by atoms with Crippen molar-refractivity contribution in [1.29, 1.82) is 5.26 Å². The maximum atomic E-state index is 8.92. The van der Waals surface area contributed by atoms with Crippen LogP contribution in [0, 0.1) is 11.3 Å². The molecule has 0 spiro atoms. The zero-order valence-corrected chi connectivity index (χ0v) is 18.1. The number of thiocarbonyl (C=S) groups is 1. The summed E-state index contributed by atoms with van der Waals surface area (Å²) in [7, 11) is 3.23. The number of methoxy groups -OCH3 is 2. The van der Waals surface area contributed by atoms with Crippen molar-refractivity contribution in [2.24, 2.45) is 0 Å². The lowest BCUT2D eigenvalue weighted by molar-refractivity contribution is 0.355. The summed E-state index contributed by atoms with van der Waals surface area (Å²) in [6.45, 7) is 3.08. The SMILES string of the molecule is COc1cc2ncnc(N3CCN(C(=S)Nc4ccc(C#N)cc4)CC3)c2cc1OC. The first-order valence-electron chi connectivity index (χ1n) is 9.80. The van der Waals surface area contributed by atoms with Crippen molar-refractivity contribution >= 4 is 39.7 Å². The predicted molar refractivity (Wildman–Crippen MR) is 124 cm³/mol. The average Bonchev–Trinajstić information content (AvgIpc) is 2.83. The number of ether oxygens (including phenoxy) is 2. The lowest BCUT2D eigenvalue weighted by atomic mass is 10.2. The quantitative estimate of drug-likeness (QED) is 0.623. The number of aromatic nitrogens is 2. The summed E-state index contributed by atoms with van der Waals surface area (Å²) in [5.41, 5.74) is 2.30.